The van der Waals surface area contributed by atoms with Crippen LogP contribution in [0.1, 0.15) is 25.1 Å². The van der Waals surface area contributed by atoms with Gasteiger partial charge in [-0.1, -0.05) is 6.42 Å². The molecule has 0 saturated carbocycles. The summed E-state index contributed by atoms with van der Waals surface area (Å²) in [6.45, 7) is 0.586. The van der Waals surface area contributed by atoms with Crippen LogP contribution in [0.15, 0.2) is 6.07 Å². The summed E-state index contributed by atoms with van der Waals surface area (Å²) < 4.78 is 38.0. The van der Waals surface area contributed by atoms with Gasteiger partial charge in [0.05, 0.1) is 0 Å². The molecule has 4 N–H and O–H groups in total. The molecule has 1 aromatic rings. The first-order valence-corrected chi connectivity index (χ1v) is 7.32. The van der Waals surface area contributed by atoms with Crippen molar-refractivity contribution in [2.24, 2.45) is 5.84 Å². The number of rotatable bonds is 4. The highest BCUT2D eigenvalue weighted by molar-refractivity contribution is 7.99. The second kappa shape index (κ2) is 6.49. The standard InChI is InChI=1S/C11H16F3N5S/c12-11(13,14)10-17-8(5-9(18-10)19-15)16-6-7-3-1-2-4-20-7/h5,7H,1-4,6,15H2,(H2,16,17,18,19). The average Bonchev–Trinajstić information content (AvgIpc) is 2.45. The summed E-state index contributed by atoms with van der Waals surface area (Å²) in [6, 6.07) is 1.36. The smallest absolute Gasteiger partial charge is 0.369 e. The maximum absolute atomic E-state index is 12.7. The zero-order valence-corrected chi connectivity index (χ0v) is 11.5. The fraction of sp³-hybridized carbons (Fsp3) is 0.636. The fourth-order valence-electron chi connectivity index (χ4n) is 1.93. The van der Waals surface area contributed by atoms with Crippen molar-refractivity contribution in [1.82, 2.24) is 9.97 Å². The second-order valence-electron chi connectivity index (χ2n) is 4.47. The van der Waals surface area contributed by atoms with Gasteiger partial charge in [-0.05, 0) is 18.6 Å². The van der Waals surface area contributed by atoms with Crippen LogP contribution in [-0.4, -0.2) is 27.5 Å². The Bertz CT molecular complexity index is 448. The molecular formula is C11H16F3N5S. The van der Waals surface area contributed by atoms with E-state index >= 15 is 0 Å². The van der Waals surface area contributed by atoms with Gasteiger partial charge >= 0.3 is 6.18 Å². The number of nitrogens with zero attached hydrogens (tertiary/aromatic N) is 2. The Morgan fingerprint density at radius 1 is 1.30 bits per heavy atom. The largest absolute Gasteiger partial charge is 0.451 e. The van der Waals surface area contributed by atoms with E-state index in [4.69, 9.17) is 5.84 Å². The predicted octanol–water partition coefficient (Wildman–Crippen LogP) is 2.48. The zero-order chi connectivity index (χ0) is 14.6. The quantitative estimate of drug-likeness (QED) is 0.586. The number of hydrazine groups is 1. The van der Waals surface area contributed by atoms with E-state index in [0.717, 1.165) is 18.6 Å². The van der Waals surface area contributed by atoms with Crippen LogP contribution in [0.2, 0.25) is 0 Å². The highest BCUT2D eigenvalue weighted by Gasteiger charge is 2.35. The number of nitrogens with two attached hydrogens (primary N) is 1. The number of thioether (sulfide) groups is 1. The Labute approximate surface area is 118 Å². The Morgan fingerprint density at radius 2 is 2.05 bits per heavy atom. The predicted molar refractivity (Wildman–Crippen MR) is 73.4 cm³/mol. The van der Waals surface area contributed by atoms with Gasteiger partial charge in [0, 0.05) is 17.9 Å². The van der Waals surface area contributed by atoms with E-state index < -0.39 is 12.0 Å². The van der Waals surface area contributed by atoms with Crippen molar-refractivity contribution < 1.29 is 13.2 Å². The molecule has 1 aromatic heterocycles. The van der Waals surface area contributed by atoms with Crippen molar-refractivity contribution in [1.29, 1.82) is 0 Å². The summed E-state index contributed by atoms with van der Waals surface area (Å²) >= 11 is 1.83. The highest BCUT2D eigenvalue weighted by Crippen LogP contribution is 2.29. The molecule has 1 saturated heterocycles. The van der Waals surface area contributed by atoms with Crippen molar-refractivity contribution >= 4 is 23.4 Å². The number of hydrogen-bond acceptors (Lipinski definition) is 6. The Morgan fingerprint density at radius 3 is 2.65 bits per heavy atom. The first kappa shape index (κ1) is 15.2. The minimum Gasteiger partial charge on any atom is -0.369 e. The van der Waals surface area contributed by atoms with Crippen LogP contribution >= 0.6 is 11.8 Å². The lowest BCUT2D eigenvalue weighted by molar-refractivity contribution is -0.144. The van der Waals surface area contributed by atoms with Crippen molar-refractivity contribution in [2.45, 2.75) is 30.7 Å². The molecule has 0 radical (unpaired) electrons. The first-order chi connectivity index (χ1) is 9.49. The molecule has 0 spiro atoms. The molecule has 0 aliphatic carbocycles. The monoisotopic (exact) mass is 307 g/mol. The summed E-state index contributed by atoms with van der Waals surface area (Å²) in [5.41, 5.74) is 2.12. The first-order valence-electron chi connectivity index (χ1n) is 6.27. The molecular weight excluding hydrogens is 291 g/mol. The maximum atomic E-state index is 12.7. The number of aromatic nitrogens is 2. The number of hydrogen-bond donors (Lipinski definition) is 3. The van der Waals surface area contributed by atoms with Gasteiger partial charge in [-0.3, -0.25) is 0 Å². The Hall–Kier alpha value is -1.22. The topological polar surface area (TPSA) is 75.9 Å². The number of anilines is 2. The van der Waals surface area contributed by atoms with Crippen molar-refractivity contribution in [3.63, 3.8) is 0 Å². The summed E-state index contributed by atoms with van der Waals surface area (Å²) in [5, 5.41) is 3.34. The van der Waals surface area contributed by atoms with E-state index in [-0.39, 0.29) is 11.6 Å². The van der Waals surface area contributed by atoms with Crippen LogP contribution < -0.4 is 16.6 Å². The van der Waals surface area contributed by atoms with Gasteiger partial charge in [0.2, 0.25) is 5.82 Å². The van der Waals surface area contributed by atoms with Crippen molar-refractivity contribution in [3.05, 3.63) is 11.9 Å². The molecule has 112 valence electrons. The van der Waals surface area contributed by atoms with Crippen LogP contribution in [0.3, 0.4) is 0 Å². The molecule has 9 heteroatoms. The summed E-state index contributed by atoms with van der Waals surface area (Å²) in [6.07, 6.45) is -1.17. The van der Waals surface area contributed by atoms with Gasteiger partial charge in [-0.15, -0.1) is 0 Å². The van der Waals surface area contributed by atoms with Gasteiger partial charge in [-0.25, -0.2) is 15.8 Å². The molecule has 5 nitrogen and oxygen atoms in total. The fourth-order valence-corrected chi connectivity index (χ4v) is 3.16. The van der Waals surface area contributed by atoms with Gasteiger partial charge in [0.1, 0.15) is 11.6 Å². The summed E-state index contributed by atoms with van der Waals surface area (Å²) in [5.74, 6) is 5.09. The van der Waals surface area contributed by atoms with Gasteiger partial charge < -0.3 is 10.7 Å². The molecule has 1 aliphatic rings. The number of nitrogen functional groups attached to an aromatic ring is 1. The molecule has 1 fully saturated rings. The van der Waals surface area contributed by atoms with Gasteiger partial charge in [0.25, 0.3) is 0 Å². The lowest BCUT2D eigenvalue weighted by Gasteiger charge is -2.22. The normalized spacial score (nSPS) is 19.7. The van der Waals surface area contributed by atoms with E-state index in [2.05, 4.69) is 20.7 Å². The second-order valence-corrected chi connectivity index (χ2v) is 5.88. The van der Waals surface area contributed by atoms with Crippen LogP contribution in [-0.2, 0) is 6.18 Å². The van der Waals surface area contributed by atoms with Crippen LogP contribution in [0.4, 0.5) is 24.8 Å². The van der Waals surface area contributed by atoms with E-state index in [9.17, 15) is 13.2 Å². The molecule has 2 rings (SSSR count). The molecule has 1 atom stereocenters. The maximum Gasteiger partial charge on any atom is 0.451 e. The van der Waals surface area contributed by atoms with E-state index in [0.29, 0.717) is 11.8 Å². The summed E-state index contributed by atoms with van der Waals surface area (Å²) in [4.78, 5) is 6.79. The SMILES string of the molecule is NNc1cc(NCC2CCCCS2)nc(C(F)(F)F)n1. The number of alkyl halides is 3. The third-order valence-corrected chi connectivity index (χ3v) is 4.31. The van der Waals surface area contributed by atoms with Gasteiger partial charge in [0.15, 0.2) is 0 Å². The van der Waals surface area contributed by atoms with E-state index in [1.807, 2.05) is 11.8 Å². The molecule has 0 amide bonds. The van der Waals surface area contributed by atoms with Crippen LogP contribution in [0.25, 0.3) is 0 Å². The third kappa shape index (κ3) is 4.14. The molecule has 2 heterocycles. The average molecular weight is 307 g/mol. The Balaban J connectivity index is 2.06. The van der Waals surface area contributed by atoms with Crippen molar-refractivity contribution in [3.8, 4) is 0 Å². The molecule has 20 heavy (non-hydrogen) atoms. The summed E-state index contributed by atoms with van der Waals surface area (Å²) in [7, 11) is 0. The van der Waals surface area contributed by atoms with Crippen LogP contribution in [0, 0.1) is 0 Å². The minimum absolute atomic E-state index is 0.0638. The van der Waals surface area contributed by atoms with E-state index in [1.165, 1.54) is 12.5 Å². The zero-order valence-electron chi connectivity index (χ0n) is 10.7. The Kier molecular flexibility index (Phi) is 4.92. The van der Waals surface area contributed by atoms with Crippen molar-refractivity contribution in [2.75, 3.05) is 23.0 Å². The number of nitrogens with one attached hydrogen (secondary N) is 2. The third-order valence-electron chi connectivity index (χ3n) is 2.91. The molecule has 0 aromatic carbocycles. The number of halogens is 3. The van der Waals surface area contributed by atoms with Crippen LogP contribution in [0.5, 0.6) is 0 Å². The van der Waals surface area contributed by atoms with E-state index in [1.54, 1.807) is 0 Å². The lowest BCUT2D eigenvalue weighted by atomic mass is 10.2. The molecule has 1 unspecified atom stereocenters. The molecule has 1 aliphatic heterocycles. The highest BCUT2D eigenvalue weighted by atomic mass is 32.2. The molecule has 0 bridgehead atoms. The lowest BCUT2D eigenvalue weighted by Crippen LogP contribution is -2.22. The van der Waals surface area contributed by atoms with Gasteiger partial charge in [-0.2, -0.15) is 24.9 Å². The minimum atomic E-state index is -4.59.